The first-order valence-electron chi connectivity index (χ1n) is 6.24. The zero-order valence-electron chi connectivity index (χ0n) is 11.3. The standard InChI is InChI=1S/C15H15BrN2O2/c1-10-6-7-13(16)9-15(10)17-11(2)12-4-3-5-14(8-12)18(19)20/h3-9,11,17H,1-2H3. The molecule has 0 saturated carbocycles. The van der Waals surface area contributed by atoms with Crippen molar-refractivity contribution in [2.45, 2.75) is 19.9 Å². The van der Waals surface area contributed by atoms with Gasteiger partial charge in [0.05, 0.1) is 4.92 Å². The van der Waals surface area contributed by atoms with Crippen molar-refractivity contribution in [3.63, 3.8) is 0 Å². The number of nitrogens with one attached hydrogen (secondary N) is 1. The van der Waals surface area contributed by atoms with Crippen molar-refractivity contribution in [2.75, 3.05) is 5.32 Å². The highest BCUT2D eigenvalue weighted by molar-refractivity contribution is 9.10. The number of hydrogen-bond acceptors (Lipinski definition) is 3. The van der Waals surface area contributed by atoms with Gasteiger partial charge >= 0.3 is 0 Å². The lowest BCUT2D eigenvalue weighted by Crippen LogP contribution is -2.08. The summed E-state index contributed by atoms with van der Waals surface area (Å²) in [5.74, 6) is 0. The Kier molecular flexibility index (Phi) is 4.39. The van der Waals surface area contributed by atoms with E-state index in [2.05, 4.69) is 21.2 Å². The van der Waals surface area contributed by atoms with Crippen LogP contribution in [0, 0.1) is 17.0 Å². The van der Waals surface area contributed by atoms with E-state index in [0.717, 1.165) is 21.3 Å². The van der Waals surface area contributed by atoms with Gasteiger partial charge in [-0.1, -0.05) is 34.1 Å². The van der Waals surface area contributed by atoms with E-state index in [-0.39, 0.29) is 16.7 Å². The van der Waals surface area contributed by atoms with Gasteiger partial charge in [-0.05, 0) is 37.1 Å². The highest BCUT2D eigenvalue weighted by atomic mass is 79.9. The molecule has 0 aliphatic carbocycles. The SMILES string of the molecule is Cc1ccc(Br)cc1NC(C)c1cccc([N+](=O)[O-])c1. The molecule has 1 unspecified atom stereocenters. The zero-order valence-corrected chi connectivity index (χ0v) is 12.8. The quantitative estimate of drug-likeness (QED) is 0.642. The Labute approximate surface area is 126 Å². The molecule has 1 atom stereocenters. The van der Waals surface area contributed by atoms with Gasteiger partial charge in [0, 0.05) is 28.3 Å². The summed E-state index contributed by atoms with van der Waals surface area (Å²) in [4.78, 5) is 10.4. The summed E-state index contributed by atoms with van der Waals surface area (Å²) >= 11 is 3.44. The molecule has 2 aromatic carbocycles. The highest BCUT2D eigenvalue weighted by Crippen LogP contribution is 2.26. The van der Waals surface area contributed by atoms with E-state index in [1.54, 1.807) is 12.1 Å². The molecule has 0 radical (unpaired) electrons. The average molecular weight is 335 g/mol. The van der Waals surface area contributed by atoms with Gasteiger partial charge in [-0.25, -0.2) is 0 Å². The molecule has 1 N–H and O–H groups in total. The van der Waals surface area contributed by atoms with Crippen LogP contribution in [0.2, 0.25) is 0 Å². The molecule has 0 amide bonds. The van der Waals surface area contributed by atoms with Crippen molar-refractivity contribution in [3.05, 3.63) is 68.2 Å². The van der Waals surface area contributed by atoms with Crippen molar-refractivity contribution in [3.8, 4) is 0 Å². The molecule has 20 heavy (non-hydrogen) atoms. The number of nitrogens with zero attached hydrogens (tertiary/aromatic N) is 1. The number of aryl methyl sites for hydroxylation is 1. The minimum atomic E-state index is -0.374. The summed E-state index contributed by atoms with van der Waals surface area (Å²) in [5, 5.41) is 14.2. The van der Waals surface area contributed by atoms with Gasteiger partial charge in [-0.3, -0.25) is 10.1 Å². The number of rotatable bonds is 4. The molecule has 0 bridgehead atoms. The van der Waals surface area contributed by atoms with Gasteiger partial charge in [0.25, 0.3) is 5.69 Å². The van der Waals surface area contributed by atoms with Crippen LogP contribution in [0.25, 0.3) is 0 Å². The molecule has 0 saturated heterocycles. The van der Waals surface area contributed by atoms with Crippen LogP contribution < -0.4 is 5.32 Å². The first kappa shape index (κ1) is 14.5. The lowest BCUT2D eigenvalue weighted by molar-refractivity contribution is -0.384. The third-order valence-electron chi connectivity index (χ3n) is 3.15. The smallest absolute Gasteiger partial charge is 0.269 e. The molecule has 5 heteroatoms. The fourth-order valence-corrected chi connectivity index (χ4v) is 2.34. The molecule has 2 aromatic rings. The van der Waals surface area contributed by atoms with Crippen LogP contribution in [0.5, 0.6) is 0 Å². The second-order valence-corrected chi connectivity index (χ2v) is 5.59. The molecule has 0 aliphatic rings. The molecule has 0 aromatic heterocycles. The molecule has 0 aliphatic heterocycles. The average Bonchev–Trinajstić information content (AvgIpc) is 2.43. The van der Waals surface area contributed by atoms with Gasteiger partial charge in [-0.2, -0.15) is 0 Å². The molecule has 4 nitrogen and oxygen atoms in total. The second-order valence-electron chi connectivity index (χ2n) is 4.68. The Hall–Kier alpha value is -1.88. The number of halogens is 1. The third kappa shape index (κ3) is 3.36. The normalized spacial score (nSPS) is 11.9. The Morgan fingerprint density at radius 1 is 1.25 bits per heavy atom. The fraction of sp³-hybridized carbons (Fsp3) is 0.200. The summed E-state index contributed by atoms with van der Waals surface area (Å²) in [6, 6.07) is 12.7. The number of nitro groups is 1. The van der Waals surface area contributed by atoms with Crippen molar-refractivity contribution < 1.29 is 4.92 Å². The predicted molar refractivity (Wildman–Crippen MR) is 84.0 cm³/mol. The van der Waals surface area contributed by atoms with Gasteiger partial charge in [0.2, 0.25) is 0 Å². The highest BCUT2D eigenvalue weighted by Gasteiger charge is 2.11. The predicted octanol–water partition coefficient (Wildman–Crippen LogP) is 4.84. The van der Waals surface area contributed by atoms with Crippen LogP contribution >= 0.6 is 15.9 Å². The largest absolute Gasteiger partial charge is 0.378 e. The first-order chi connectivity index (χ1) is 9.47. The number of nitro benzene ring substituents is 1. The van der Waals surface area contributed by atoms with Gasteiger partial charge in [0.1, 0.15) is 0 Å². The topological polar surface area (TPSA) is 55.2 Å². The van der Waals surface area contributed by atoms with E-state index < -0.39 is 0 Å². The van der Waals surface area contributed by atoms with Gasteiger partial charge in [0.15, 0.2) is 0 Å². The Morgan fingerprint density at radius 2 is 2.00 bits per heavy atom. The Morgan fingerprint density at radius 3 is 2.70 bits per heavy atom. The summed E-state index contributed by atoms with van der Waals surface area (Å²) < 4.78 is 0.997. The molecule has 0 heterocycles. The van der Waals surface area contributed by atoms with Crippen LogP contribution in [0.3, 0.4) is 0 Å². The second kappa shape index (κ2) is 6.05. The molecule has 104 valence electrons. The number of hydrogen-bond donors (Lipinski definition) is 1. The van der Waals surface area contributed by atoms with Crippen molar-refractivity contribution >= 4 is 27.3 Å². The summed E-state index contributed by atoms with van der Waals surface area (Å²) in [7, 11) is 0. The zero-order chi connectivity index (χ0) is 14.7. The van der Waals surface area contributed by atoms with E-state index in [1.807, 2.05) is 38.1 Å². The van der Waals surface area contributed by atoms with Crippen LogP contribution in [0.4, 0.5) is 11.4 Å². The maximum absolute atomic E-state index is 10.8. The molecule has 0 spiro atoms. The van der Waals surface area contributed by atoms with Crippen LogP contribution in [0.15, 0.2) is 46.9 Å². The van der Waals surface area contributed by atoms with Gasteiger partial charge in [-0.15, -0.1) is 0 Å². The van der Waals surface area contributed by atoms with Crippen molar-refractivity contribution in [1.29, 1.82) is 0 Å². The third-order valence-corrected chi connectivity index (χ3v) is 3.65. The van der Waals surface area contributed by atoms with Crippen LogP contribution in [-0.2, 0) is 0 Å². The van der Waals surface area contributed by atoms with E-state index in [1.165, 1.54) is 6.07 Å². The lowest BCUT2D eigenvalue weighted by Gasteiger charge is -2.17. The van der Waals surface area contributed by atoms with Gasteiger partial charge < -0.3 is 5.32 Å². The van der Waals surface area contributed by atoms with E-state index in [0.29, 0.717) is 0 Å². The van der Waals surface area contributed by atoms with E-state index in [4.69, 9.17) is 0 Å². The minimum Gasteiger partial charge on any atom is -0.378 e. The maximum atomic E-state index is 10.8. The number of benzene rings is 2. The molecular formula is C15H15BrN2O2. The van der Waals surface area contributed by atoms with Crippen LogP contribution in [-0.4, -0.2) is 4.92 Å². The van der Waals surface area contributed by atoms with Crippen molar-refractivity contribution in [1.82, 2.24) is 0 Å². The first-order valence-corrected chi connectivity index (χ1v) is 7.03. The summed E-state index contributed by atoms with van der Waals surface area (Å²) in [5.41, 5.74) is 3.14. The molecular weight excluding hydrogens is 320 g/mol. The van der Waals surface area contributed by atoms with E-state index >= 15 is 0 Å². The Bertz CT molecular complexity index is 644. The molecule has 2 rings (SSSR count). The monoisotopic (exact) mass is 334 g/mol. The van der Waals surface area contributed by atoms with Crippen molar-refractivity contribution in [2.24, 2.45) is 0 Å². The van der Waals surface area contributed by atoms with E-state index in [9.17, 15) is 10.1 Å². The summed E-state index contributed by atoms with van der Waals surface area (Å²) in [6.07, 6.45) is 0. The maximum Gasteiger partial charge on any atom is 0.269 e. The summed E-state index contributed by atoms with van der Waals surface area (Å²) in [6.45, 7) is 4.01. The lowest BCUT2D eigenvalue weighted by atomic mass is 10.1. The fourth-order valence-electron chi connectivity index (χ4n) is 1.97. The Balaban J connectivity index is 2.23. The molecule has 0 fully saturated rings. The van der Waals surface area contributed by atoms with Crippen LogP contribution in [0.1, 0.15) is 24.1 Å². The number of non-ortho nitro benzene ring substituents is 1. The number of anilines is 1. The minimum absolute atomic E-state index is 0.0112.